The molecule has 0 atom stereocenters. The van der Waals surface area contributed by atoms with Gasteiger partial charge < -0.3 is 0 Å². The van der Waals surface area contributed by atoms with E-state index < -0.39 is 18.4 Å². The van der Waals surface area contributed by atoms with Crippen LogP contribution in [-0.4, -0.2) is 18.4 Å². The van der Waals surface area contributed by atoms with Crippen molar-refractivity contribution < 1.29 is 0 Å². The third-order valence-corrected chi connectivity index (χ3v) is 19.0. The van der Waals surface area contributed by atoms with Crippen molar-refractivity contribution in [3.8, 4) is 0 Å². The zero-order valence-electron chi connectivity index (χ0n) is 14.5. The summed E-state index contributed by atoms with van der Waals surface area (Å²) in [4.78, 5) is 0. The van der Waals surface area contributed by atoms with E-state index in [1.807, 2.05) is 0 Å². The SMILES string of the molecule is C[CH2][Sn]([CH]=C=C=C(c1ccccc1)c1ccccc1)([CH2]C)[CH2]C. The Morgan fingerprint density at radius 2 is 1.22 bits per heavy atom. The Kier molecular flexibility index (Phi) is 6.99. The van der Waals surface area contributed by atoms with Crippen LogP contribution in [0.4, 0.5) is 0 Å². The molecule has 0 saturated carbocycles. The van der Waals surface area contributed by atoms with Gasteiger partial charge in [0, 0.05) is 0 Å². The molecule has 0 aliphatic rings. The normalized spacial score (nSPS) is 10.6. The van der Waals surface area contributed by atoms with E-state index in [1.54, 1.807) is 0 Å². The molecule has 0 aromatic heterocycles. The van der Waals surface area contributed by atoms with Gasteiger partial charge in [0.05, 0.1) is 0 Å². The quantitative estimate of drug-likeness (QED) is 0.379. The van der Waals surface area contributed by atoms with Crippen molar-refractivity contribution in [3.05, 3.63) is 87.3 Å². The molecule has 23 heavy (non-hydrogen) atoms. The summed E-state index contributed by atoms with van der Waals surface area (Å²) >= 11 is -2.09. The molecule has 0 amide bonds. The van der Waals surface area contributed by atoms with Gasteiger partial charge in [-0.2, -0.15) is 0 Å². The average Bonchev–Trinajstić information content (AvgIpc) is 2.64. The van der Waals surface area contributed by atoms with Crippen molar-refractivity contribution in [2.45, 2.75) is 34.1 Å². The van der Waals surface area contributed by atoms with Crippen LogP contribution >= 0.6 is 0 Å². The standard InChI is InChI=1S/C16H11.3C2H5.Sn/c1-2-9-16(14-10-5-3-6-11-14)15-12-7-4-8-13-15;3*1-2;/h1,3-8,10-13H;3*1H2,2H3;. The third kappa shape index (κ3) is 4.75. The van der Waals surface area contributed by atoms with Crippen molar-refractivity contribution >= 4 is 24.0 Å². The first-order valence-electron chi connectivity index (χ1n) is 8.58. The van der Waals surface area contributed by atoms with Crippen LogP contribution in [-0.2, 0) is 0 Å². The monoisotopic (exact) mass is 410 g/mol. The summed E-state index contributed by atoms with van der Waals surface area (Å²) in [6.45, 7) is 7.04. The Morgan fingerprint density at radius 3 is 1.61 bits per heavy atom. The Bertz CT molecular complexity index is 646. The maximum absolute atomic E-state index is 3.47. The molecule has 2 rings (SSSR count). The first kappa shape index (κ1) is 17.9. The van der Waals surface area contributed by atoms with Crippen LogP contribution in [0.1, 0.15) is 31.9 Å². The second-order valence-corrected chi connectivity index (χ2v) is 20.6. The van der Waals surface area contributed by atoms with Crippen LogP contribution in [0.5, 0.6) is 0 Å². The molecule has 0 radical (unpaired) electrons. The van der Waals surface area contributed by atoms with Crippen LogP contribution in [0, 0.1) is 0 Å². The summed E-state index contributed by atoms with van der Waals surface area (Å²) < 4.78 is 6.48. The van der Waals surface area contributed by atoms with E-state index in [0.29, 0.717) is 0 Å². The van der Waals surface area contributed by atoms with Crippen LogP contribution in [0.3, 0.4) is 0 Å². The summed E-state index contributed by atoms with van der Waals surface area (Å²) in [7, 11) is 0. The third-order valence-electron chi connectivity index (χ3n) is 4.81. The average molecular weight is 409 g/mol. The molecule has 0 aliphatic carbocycles. The molecule has 118 valence electrons. The molecule has 0 bridgehead atoms. The molecule has 0 saturated heterocycles. The Labute approximate surface area is 145 Å². The van der Waals surface area contributed by atoms with Crippen LogP contribution in [0.2, 0.25) is 13.3 Å². The fourth-order valence-electron chi connectivity index (χ4n) is 2.84. The second kappa shape index (κ2) is 8.99. The van der Waals surface area contributed by atoms with E-state index >= 15 is 0 Å². The van der Waals surface area contributed by atoms with Gasteiger partial charge in [0.1, 0.15) is 0 Å². The van der Waals surface area contributed by atoms with Crippen molar-refractivity contribution in [2.24, 2.45) is 0 Å². The van der Waals surface area contributed by atoms with E-state index in [1.165, 1.54) is 24.4 Å². The van der Waals surface area contributed by atoms with Gasteiger partial charge in [0.15, 0.2) is 0 Å². The first-order chi connectivity index (χ1) is 11.2. The molecule has 0 nitrogen and oxygen atoms in total. The van der Waals surface area contributed by atoms with Gasteiger partial charge in [0.25, 0.3) is 0 Å². The molecule has 0 N–H and O–H groups in total. The number of rotatable bonds is 6. The van der Waals surface area contributed by atoms with Gasteiger partial charge in [-0.15, -0.1) is 0 Å². The Hall–Kier alpha value is -1.46. The fourth-order valence-corrected chi connectivity index (χ4v) is 9.95. The van der Waals surface area contributed by atoms with E-state index in [0.717, 1.165) is 5.57 Å². The van der Waals surface area contributed by atoms with Gasteiger partial charge in [-0.25, -0.2) is 0 Å². The molecule has 2 aromatic rings. The zero-order valence-corrected chi connectivity index (χ0v) is 17.3. The molecular formula is C22H26Sn. The maximum atomic E-state index is 3.47. The van der Waals surface area contributed by atoms with Gasteiger partial charge in [-0.3, -0.25) is 0 Å². The van der Waals surface area contributed by atoms with Gasteiger partial charge in [-0.1, -0.05) is 0 Å². The summed E-state index contributed by atoms with van der Waals surface area (Å²) in [5.74, 6) is 0. The second-order valence-electron chi connectivity index (χ2n) is 5.94. The van der Waals surface area contributed by atoms with Gasteiger partial charge in [-0.05, 0) is 0 Å². The molecule has 0 aliphatic heterocycles. The summed E-state index contributed by atoms with van der Waals surface area (Å²) in [5.41, 5.74) is 10.5. The van der Waals surface area contributed by atoms with Gasteiger partial charge in [0.2, 0.25) is 0 Å². The Morgan fingerprint density at radius 1 is 0.783 bits per heavy atom. The molecule has 1 heteroatoms. The van der Waals surface area contributed by atoms with Crippen LogP contribution in [0.25, 0.3) is 5.57 Å². The minimum absolute atomic E-state index is 1.13. The van der Waals surface area contributed by atoms with Crippen molar-refractivity contribution in [1.82, 2.24) is 0 Å². The van der Waals surface area contributed by atoms with E-state index in [9.17, 15) is 0 Å². The van der Waals surface area contributed by atoms with E-state index in [-0.39, 0.29) is 0 Å². The van der Waals surface area contributed by atoms with Crippen molar-refractivity contribution in [2.75, 3.05) is 0 Å². The van der Waals surface area contributed by atoms with Crippen molar-refractivity contribution in [1.29, 1.82) is 0 Å². The fraction of sp³-hybridized carbons (Fsp3) is 0.273. The predicted molar refractivity (Wildman–Crippen MR) is 104 cm³/mol. The van der Waals surface area contributed by atoms with Crippen LogP contribution < -0.4 is 0 Å². The molecule has 0 heterocycles. The number of hydrogen-bond acceptors (Lipinski definition) is 0. The zero-order chi connectivity index (χ0) is 16.5. The molecule has 0 fully saturated rings. The first-order valence-corrected chi connectivity index (χ1v) is 16.3. The predicted octanol–water partition coefficient (Wildman–Crippen LogP) is 6.48. The minimum atomic E-state index is -2.09. The number of benzene rings is 2. The summed E-state index contributed by atoms with van der Waals surface area (Å²) in [5, 5.41) is 0. The van der Waals surface area contributed by atoms with Crippen molar-refractivity contribution in [3.63, 3.8) is 0 Å². The van der Waals surface area contributed by atoms with Crippen LogP contribution in [0.15, 0.2) is 76.2 Å². The molecule has 0 unspecified atom stereocenters. The number of hydrogen-bond donors (Lipinski definition) is 0. The Balaban J connectivity index is 2.56. The summed E-state index contributed by atoms with van der Waals surface area (Å²) in [6.07, 6.45) is 0. The molecular weight excluding hydrogens is 383 g/mol. The molecule has 2 aromatic carbocycles. The van der Waals surface area contributed by atoms with E-state index in [4.69, 9.17) is 0 Å². The van der Waals surface area contributed by atoms with Gasteiger partial charge >= 0.3 is 145 Å². The molecule has 0 spiro atoms. The van der Waals surface area contributed by atoms with E-state index in [2.05, 4.69) is 97.0 Å². The summed E-state index contributed by atoms with van der Waals surface area (Å²) in [6, 6.07) is 21.0. The topological polar surface area (TPSA) is 0 Å².